The molecule has 9 heteroatoms. The largest absolute Gasteiger partial charge is 0.366 e. The minimum Gasteiger partial charge on any atom is -0.354 e. The maximum atomic E-state index is 12.8. The summed E-state index contributed by atoms with van der Waals surface area (Å²) in [6, 6.07) is 0. The molecule has 3 rings (SSSR count). The maximum absolute atomic E-state index is 12.8. The van der Waals surface area contributed by atoms with Gasteiger partial charge in [-0.15, -0.1) is 0 Å². The molecule has 21 heavy (non-hydrogen) atoms. The van der Waals surface area contributed by atoms with E-state index in [1.165, 1.54) is 14.2 Å². The van der Waals surface area contributed by atoms with Crippen LogP contribution in [0.5, 0.6) is 0 Å². The van der Waals surface area contributed by atoms with Gasteiger partial charge in [-0.25, -0.2) is 0 Å². The molecule has 0 spiro atoms. The van der Waals surface area contributed by atoms with Crippen molar-refractivity contribution in [2.75, 3.05) is 27.4 Å². The molecular formula is C12H21O8P. The van der Waals surface area contributed by atoms with Crippen LogP contribution in [0.1, 0.15) is 13.8 Å². The van der Waals surface area contributed by atoms with Crippen LogP contribution in [0.4, 0.5) is 0 Å². The Hall–Kier alpha value is -0.0500. The number of hydrogen-bond donors (Lipinski definition) is 0. The van der Waals surface area contributed by atoms with Gasteiger partial charge in [0.05, 0.1) is 13.2 Å². The molecule has 3 aliphatic rings. The fourth-order valence-corrected chi connectivity index (χ4v) is 4.58. The first-order chi connectivity index (χ1) is 9.95. The molecule has 3 saturated heterocycles. The molecule has 0 saturated carbocycles. The van der Waals surface area contributed by atoms with E-state index in [1.807, 2.05) is 0 Å². The fourth-order valence-electron chi connectivity index (χ4n) is 2.92. The van der Waals surface area contributed by atoms with Gasteiger partial charge in [0.15, 0.2) is 12.6 Å². The Morgan fingerprint density at radius 2 is 1.76 bits per heavy atom. The molecule has 0 aliphatic carbocycles. The van der Waals surface area contributed by atoms with Gasteiger partial charge in [-0.2, -0.15) is 0 Å². The highest BCUT2D eigenvalue weighted by atomic mass is 31.2. The molecule has 0 N–H and O–H groups in total. The minimum atomic E-state index is -3.47. The summed E-state index contributed by atoms with van der Waals surface area (Å²) in [6.07, 6.45) is -2.25. The third-order valence-corrected chi connectivity index (χ3v) is 6.44. The minimum absolute atomic E-state index is 0.227. The van der Waals surface area contributed by atoms with Crippen LogP contribution in [0.3, 0.4) is 0 Å². The number of ether oxygens (including phenoxy) is 5. The molecule has 0 aromatic heterocycles. The maximum Gasteiger partial charge on any atom is 0.366 e. The Morgan fingerprint density at radius 3 is 2.33 bits per heavy atom. The zero-order valence-electron chi connectivity index (χ0n) is 12.5. The summed E-state index contributed by atoms with van der Waals surface area (Å²) in [6.45, 7) is 4.17. The zero-order valence-corrected chi connectivity index (χ0v) is 13.4. The van der Waals surface area contributed by atoms with Crippen molar-refractivity contribution in [1.82, 2.24) is 0 Å². The summed E-state index contributed by atoms with van der Waals surface area (Å²) >= 11 is 0. The third-order valence-electron chi connectivity index (χ3n) is 4.04. The predicted molar refractivity (Wildman–Crippen MR) is 69.8 cm³/mol. The van der Waals surface area contributed by atoms with Gasteiger partial charge in [-0.05, 0) is 13.8 Å². The quantitative estimate of drug-likeness (QED) is 0.561. The van der Waals surface area contributed by atoms with E-state index in [0.29, 0.717) is 6.61 Å². The molecular weight excluding hydrogens is 303 g/mol. The van der Waals surface area contributed by atoms with Gasteiger partial charge in [0.25, 0.3) is 0 Å². The van der Waals surface area contributed by atoms with Crippen molar-refractivity contribution in [2.45, 2.75) is 50.1 Å². The van der Waals surface area contributed by atoms with E-state index < -0.39 is 37.7 Å². The van der Waals surface area contributed by atoms with E-state index in [0.717, 1.165) is 0 Å². The Labute approximate surface area is 123 Å². The van der Waals surface area contributed by atoms with Crippen molar-refractivity contribution >= 4 is 7.60 Å². The van der Waals surface area contributed by atoms with Crippen molar-refractivity contribution in [3.8, 4) is 0 Å². The van der Waals surface area contributed by atoms with Crippen LogP contribution in [-0.2, 0) is 37.3 Å². The zero-order chi connectivity index (χ0) is 15.3. The van der Waals surface area contributed by atoms with E-state index in [9.17, 15) is 4.57 Å². The van der Waals surface area contributed by atoms with E-state index in [1.54, 1.807) is 13.8 Å². The van der Waals surface area contributed by atoms with Crippen LogP contribution in [-0.4, -0.2) is 63.7 Å². The molecule has 0 bridgehead atoms. The van der Waals surface area contributed by atoms with Crippen molar-refractivity contribution in [3.05, 3.63) is 0 Å². The van der Waals surface area contributed by atoms with Crippen LogP contribution >= 0.6 is 7.60 Å². The van der Waals surface area contributed by atoms with Gasteiger partial charge in [-0.1, -0.05) is 0 Å². The molecule has 3 heterocycles. The SMILES string of the molecule is COP(=O)(OC)C1(C2OC(C)OC3COC(C)OC32)CO1. The van der Waals surface area contributed by atoms with Crippen LogP contribution < -0.4 is 0 Å². The second-order valence-electron chi connectivity index (χ2n) is 5.30. The van der Waals surface area contributed by atoms with Crippen molar-refractivity contribution in [2.24, 2.45) is 0 Å². The molecule has 0 radical (unpaired) electrons. The van der Waals surface area contributed by atoms with E-state index in [-0.39, 0.29) is 12.7 Å². The molecule has 8 nitrogen and oxygen atoms in total. The average Bonchev–Trinajstić information content (AvgIpc) is 3.28. The summed E-state index contributed by atoms with van der Waals surface area (Å²) in [5, 5.41) is -1.14. The summed E-state index contributed by atoms with van der Waals surface area (Å²) in [7, 11) is -0.805. The van der Waals surface area contributed by atoms with Crippen LogP contribution in [0.15, 0.2) is 0 Å². The molecule has 3 aliphatic heterocycles. The van der Waals surface area contributed by atoms with E-state index in [2.05, 4.69) is 0 Å². The molecule has 6 atom stereocenters. The Bertz CT molecular complexity index is 431. The van der Waals surface area contributed by atoms with Crippen molar-refractivity contribution in [1.29, 1.82) is 0 Å². The lowest BCUT2D eigenvalue weighted by molar-refractivity contribution is -0.355. The van der Waals surface area contributed by atoms with Gasteiger partial charge in [0, 0.05) is 14.2 Å². The van der Waals surface area contributed by atoms with E-state index >= 15 is 0 Å². The van der Waals surface area contributed by atoms with E-state index in [4.69, 9.17) is 32.7 Å². The smallest absolute Gasteiger partial charge is 0.354 e. The standard InChI is InChI=1S/C12H21O8P/c1-7-16-5-9-10(19-7)11(20-8(2)18-9)12(6-17-12)21(13,14-3)15-4/h7-11H,5-6H2,1-4H3. The summed E-state index contributed by atoms with van der Waals surface area (Å²) in [5.74, 6) is 0. The van der Waals surface area contributed by atoms with Gasteiger partial charge >= 0.3 is 7.60 Å². The summed E-state index contributed by atoms with van der Waals surface area (Å²) < 4.78 is 51.3. The Balaban J connectivity index is 1.90. The monoisotopic (exact) mass is 324 g/mol. The fraction of sp³-hybridized carbons (Fsp3) is 1.00. The van der Waals surface area contributed by atoms with Crippen LogP contribution in [0, 0.1) is 0 Å². The second kappa shape index (κ2) is 5.54. The van der Waals surface area contributed by atoms with Gasteiger partial charge < -0.3 is 32.7 Å². The Morgan fingerprint density at radius 1 is 1.10 bits per heavy atom. The summed E-state index contributed by atoms with van der Waals surface area (Å²) in [5.41, 5.74) is 0. The topological polar surface area (TPSA) is 85.0 Å². The van der Waals surface area contributed by atoms with Crippen molar-refractivity contribution < 1.29 is 37.3 Å². The lowest BCUT2D eigenvalue weighted by Gasteiger charge is -2.46. The summed E-state index contributed by atoms with van der Waals surface area (Å²) in [4.78, 5) is 0. The highest BCUT2D eigenvalue weighted by molar-refractivity contribution is 7.55. The first-order valence-corrected chi connectivity index (χ1v) is 8.43. The number of epoxide rings is 1. The van der Waals surface area contributed by atoms with Crippen LogP contribution in [0.2, 0.25) is 0 Å². The molecule has 6 unspecified atom stereocenters. The first kappa shape index (κ1) is 15.8. The number of hydrogen-bond acceptors (Lipinski definition) is 8. The first-order valence-electron chi connectivity index (χ1n) is 6.89. The molecule has 0 aromatic rings. The van der Waals surface area contributed by atoms with Crippen molar-refractivity contribution in [3.63, 3.8) is 0 Å². The Kier molecular flexibility index (Phi) is 4.18. The van der Waals surface area contributed by atoms with Gasteiger partial charge in [0.2, 0.25) is 5.34 Å². The normalized spacial score (nSPS) is 47.0. The molecule has 0 amide bonds. The highest BCUT2D eigenvalue weighted by Crippen LogP contribution is 2.68. The van der Waals surface area contributed by atoms with Gasteiger partial charge in [-0.3, -0.25) is 4.57 Å². The van der Waals surface area contributed by atoms with Crippen LogP contribution in [0.25, 0.3) is 0 Å². The lowest BCUT2D eigenvalue weighted by Crippen LogP contribution is -2.61. The molecule has 3 fully saturated rings. The third kappa shape index (κ3) is 2.48. The van der Waals surface area contributed by atoms with Gasteiger partial charge in [0.1, 0.15) is 18.3 Å². The number of fused-ring (bicyclic) bond motifs is 1. The predicted octanol–water partition coefficient (Wildman–Crippen LogP) is 1.09. The molecule has 0 aromatic carbocycles. The average molecular weight is 324 g/mol. The lowest BCUT2D eigenvalue weighted by atomic mass is 10.0. The number of rotatable bonds is 4. The highest BCUT2D eigenvalue weighted by Gasteiger charge is 2.71. The molecule has 122 valence electrons. The second-order valence-corrected chi connectivity index (χ2v) is 7.78.